The summed E-state index contributed by atoms with van der Waals surface area (Å²) >= 11 is 6.51. The fourth-order valence-corrected chi connectivity index (χ4v) is 4.57. The van der Waals surface area contributed by atoms with E-state index in [0.29, 0.717) is 0 Å². The maximum atomic E-state index is 13.2. The summed E-state index contributed by atoms with van der Waals surface area (Å²) in [6, 6.07) is 7.95. The Bertz CT molecular complexity index is 1180. The number of carboxylic acid groups (broad SMARTS) is 1. The number of aliphatic hydroxyl groups excluding tert-OH is 1. The zero-order valence-corrected chi connectivity index (χ0v) is 20.5. The summed E-state index contributed by atoms with van der Waals surface area (Å²) in [5.41, 5.74) is -3.45. The molecule has 2 aliphatic rings. The van der Waals surface area contributed by atoms with E-state index < -0.39 is 54.8 Å². The largest absolute Gasteiger partial charge is 0.573 e. The lowest BCUT2D eigenvalue weighted by Crippen LogP contribution is -2.47. The zero-order chi connectivity index (χ0) is 26.7. The number of halogens is 4. The molecule has 4 rings (SSSR count). The third-order valence-electron chi connectivity index (χ3n) is 6.76. The number of hydrogen-bond donors (Lipinski definition) is 3. The molecular formula is C23H24BClF3NO7. The van der Waals surface area contributed by atoms with Crippen molar-refractivity contribution in [3.8, 4) is 11.5 Å². The maximum Gasteiger partial charge on any atom is 0.573 e. The molecule has 0 bridgehead atoms. The molecule has 3 N–H and O–H groups in total. The minimum atomic E-state index is -5.05. The number of ether oxygens (including phenoxy) is 2. The molecule has 2 aliphatic heterocycles. The van der Waals surface area contributed by atoms with Crippen LogP contribution in [0.4, 0.5) is 18.0 Å². The van der Waals surface area contributed by atoms with Gasteiger partial charge in [0.15, 0.2) is 5.60 Å². The van der Waals surface area contributed by atoms with Crippen LogP contribution in [0.15, 0.2) is 36.4 Å². The number of amides is 1. The molecule has 2 aromatic carbocycles. The molecular weight excluding hydrogens is 506 g/mol. The van der Waals surface area contributed by atoms with Gasteiger partial charge in [-0.25, -0.2) is 4.79 Å². The monoisotopic (exact) mass is 529 g/mol. The van der Waals surface area contributed by atoms with E-state index in [1.54, 1.807) is 0 Å². The Kier molecular flexibility index (Phi) is 6.40. The van der Waals surface area contributed by atoms with Crippen molar-refractivity contribution < 1.29 is 47.0 Å². The van der Waals surface area contributed by atoms with Crippen molar-refractivity contribution in [2.45, 2.75) is 57.0 Å². The number of hydrogen-bond acceptors (Lipinski definition) is 6. The third kappa shape index (κ3) is 4.47. The van der Waals surface area contributed by atoms with Gasteiger partial charge in [-0.05, 0) is 45.9 Å². The Morgan fingerprint density at radius 2 is 1.75 bits per heavy atom. The number of benzene rings is 2. The molecule has 2 unspecified atom stereocenters. The van der Waals surface area contributed by atoms with Gasteiger partial charge in [0.25, 0.3) is 0 Å². The summed E-state index contributed by atoms with van der Waals surface area (Å²) < 4.78 is 62.0. The lowest BCUT2D eigenvalue weighted by molar-refractivity contribution is -0.275. The Morgan fingerprint density at radius 1 is 1.14 bits per heavy atom. The quantitative estimate of drug-likeness (QED) is 0.500. The van der Waals surface area contributed by atoms with Crippen LogP contribution >= 0.6 is 11.6 Å². The van der Waals surface area contributed by atoms with Gasteiger partial charge in [-0.1, -0.05) is 29.8 Å². The SMILES string of the molecule is CC1(C)OB(c2c(Cl)ccc3c2C(O)C(CNC(=O)O)(c2ccccc2OC(F)(F)F)O3)OC1(C)C. The predicted octanol–water partition coefficient (Wildman–Crippen LogP) is 4.13. The molecule has 0 spiro atoms. The molecule has 0 aromatic heterocycles. The van der Waals surface area contributed by atoms with Gasteiger partial charge in [-0.3, -0.25) is 0 Å². The van der Waals surface area contributed by atoms with E-state index in [2.05, 4.69) is 10.1 Å². The lowest BCUT2D eigenvalue weighted by Gasteiger charge is -2.33. The number of rotatable bonds is 5. The predicted molar refractivity (Wildman–Crippen MR) is 124 cm³/mol. The Balaban J connectivity index is 1.87. The average molecular weight is 530 g/mol. The van der Waals surface area contributed by atoms with Crippen molar-refractivity contribution in [1.29, 1.82) is 0 Å². The molecule has 8 nitrogen and oxygen atoms in total. The van der Waals surface area contributed by atoms with Gasteiger partial charge in [-0.2, -0.15) is 0 Å². The first-order valence-corrected chi connectivity index (χ1v) is 11.3. The Hall–Kier alpha value is -2.67. The number of fused-ring (bicyclic) bond motifs is 1. The average Bonchev–Trinajstić information content (AvgIpc) is 3.15. The summed E-state index contributed by atoms with van der Waals surface area (Å²) in [6.45, 7) is 6.67. The van der Waals surface area contributed by atoms with Gasteiger partial charge in [-0.15, -0.1) is 13.2 Å². The van der Waals surface area contributed by atoms with E-state index in [1.165, 1.54) is 30.3 Å². The van der Waals surface area contributed by atoms with E-state index in [1.807, 2.05) is 27.7 Å². The minimum absolute atomic E-state index is 0.0746. The van der Waals surface area contributed by atoms with Crippen LogP contribution < -0.4 is 20.3 Å². The zero-order valence-electron chi connectivity index (χ0n) is 19.8. The first-order valence-electron chi connectivity index (χ1n) is 10.9. The van der Waals surface area contributed by atoms with Crippen molar-refractivity contribution >= 4 is 30.3 Å². The number of para-hydroxylation sites is 1. The van der Waals surface area contributed by atoms with Gasteiger partial charge in [0.2, 0.25) is 0 Å². The van der Waals surface area contributed by atoms with Crippen LogP contribution in [0.3, 0.4) is 0 Å². The molecule has 194 valence electrons. The molecule has 36 heavy (non-hydrogen) atoms. The van der Waals surface area contributed by atoms with Gasteiger partial charge >= 0.3 is 19.6 Å². The summed E-state index contributed by atoms with van der Waals surface area (Å²) in [4.78, 5) is 11.4. The molecule has 13 heteroatoms. The van der Waals surface area contributed by atoms with Crippen molar-refractivity contribution in [3.63, 3.8) is 0 Å². The first-order chi connectivity index (χ1) is 16.6. The van der Waals surface area contributed by atoms with E-state index >= 15 is 0 Å². The lowest BCUT2D eigenvalue weighted by atomic mass is 9.72. The topological polar surface area (TPSA) is 106 Å². The highest BCUT2D eigenvalue weighted by molar-refractivity contribution is 6.66. The van der Waals surface area contributed by atoms with Crippen molar-refractivity contribution in [2.24, 2.45) is 0 Å². The summed E-state index contributed by atoms with van der Waals surface area (Å²) in [7, 11) is -1.04. The van der Waals surface area contributed by atoms with Crippen LogP contribution in [0.5, 0.6) is 11.5 Å². The van der Waals surface area contributed by atoms with Crippen LogP contribution in [0.25, 0.3) is 0 Å². The first kappa shape index (κ1) is 26.4. The van der Waals surface area contributed by atoms with Crippen LogP contribution in [-0.2, 0) is 14.9 Å². The van der Waals surface area contributed by atoms with Gasteiger partial charge < -0.3 is 34.3 Å². The Labute approximate surface area is 210 Å². The second-order valence-electron chi connectivity index (χ2n) is 9.56. The smallest absolute Gasteiger partial charge is 0.477 e. The molecule has 2 aromatic rings. The van der Waals surface area contributed by atoms with Crippen molar-refractivity contribution in [2.75, 3.05) is 6.54 Å². The molecule has 0 saturated carbocycles. The fourth-order valence-electron chi connectivity index (χ4n) is 4.31. The number of alkyl halides is 3. The standard InChI is InChI=1S/C23H24BClF3NO7/c1-20(2)21(3,4)36-24(35-20)17-13(25)9-10-15-16(17)18(30)22(33-15,11-29-19(31)32)12-7-5-6-8-14(12)34-23(26,27)28/h5-10,18,29-30H,11H2,1-4H3,(H,31,32). The van der Waals surface area contributed by atoms with Gasteiger partial charge in [0.1, 0.15) is 17.6 Å². The summed E-state index contributed by atoms with van der Waals surface area (Å²) in [5.74, 6) is -0.585. The minimum Gasteiger partial charge on any atom is -0.477 e. The van der Waals surface area contributed by atoms with Crippen LogP contribution in [0.2, 0.25) is 5.02 Å². The number of nitrogens with one attached hydrogen (secondary N) is 1. The fraction of sp³-hybridized carbons (Fsp3) is 0.435. The van der Waals surface area contributed by atoms with Crippen molar-refractivity contribution in [3.05, 3.63) is 52.5 Å². The normalized spacial score (nSPS) is 24.2. The molecule has 1 amide bonds. The van der Waals surface area contributed by atoms with E-state index in [-0.39, 0.29) is 27.4 Å². The molecule has 2 atom stereocenters. The highest BCUT2D eigenvalue weighted by atomic mass is 35.5. The highest BCUT2D eigenvalue weighted by Crippen LogP contribution is 2.52. The second kappa shape index (κ2) is 8.72. The van der Waals surface area contributed by atoms with Gasteiger partial charge in [0.05, 0.1) is 17.7 Å². The van der Waals surface area contributed by atoms with Crippen molar-refractivity contribution in [1.82, 2.24) is 5.32 Å². The van der Waals surface area contributed by atoms with E-state index in [0.717, 1.165) is 6.07 Å². The number of carbonyl (C=O) groups is 1. The maximum absolute atomic E-state index is 13.2. The second-order valence-corrected chi connectivity index (χ2v) is 9.97. The highest BCUT2D eigenvalue weighted by Gasteiger charge is 2.58. The van der Waals surface area contributed by atoms with Crippen LogP contribution in [-0.4, -0.2) is 47.5 Å². The summed E-state index contributed by atoms with van der Waals surface area (Å²) in [6.07, 6.45) is -8.21. The molecule has 1 saturated heterocycles. The molecule has 0 radical (unpaired) electrons. The number of aliphatic hydroxyl groups is 1. The van der Waals surface area contributed by atoms with E-state index in [4.69, 9.17) is 25.6 Å². The Morgan fingerprint density at radius 3 is 2.33 bits per heavy atom. The summed E-state index contributed by atoms with van der Waals surface area (Å²) in [5, 5.41) is 23.2. The molecule has 2 heterocycles. The molecule has 1 fully saturated rings. The van der Waals surface area contributed by atoms with Crippen LogP contribution in [0, 0.1) is 0 Å². The van der Waals surface area contributed by atoms with E-state index in [9.17, 15) is 28.2 Å². The third-order valence-corrected chi connectivity index (χ3v) is 7.09. The molecule has 0 aliphatic carbocycles. The van der Waals surface area contributed by atoms with Gasteiger partial charge in [0, 0.05) is 21.6 Å². The van der Waals surface area contributed by atoms with Crippen LogP contribution in [0.1, 0.15) is 44.9 Å².